The number of anilines is 3. The van der Waals surface area contributed by atoms with Gasteiger partial charge in [0.05, 0.1) is 0 Å². The molecule has 0 atom stereocenters. The van der Waals surface area contributed by atoms with Crippen LogP contribution in [0.3, 0.4) is 0 Å². The summed E-state index contributed by atoms with van der Waals surface area (Å²) < 4.78 is 0. The van der Waals surface area contributed by atoms with E-state index in [0.717, 1.165) is 0 Å². The van der Waals surface area contributed by atoms with Crippen LogP contribution in [0.2, 0.25) is 0 Å². The standard InChI is InChI=1S/C30H17B2NS2/c1-2-8-18(9-3-1)33-21-12-6-11-20-27(21)32-28-22(33)13-7-15-24(28)35-26-17-16-25-29(30(26)32)31(20)19-10-4-5-14-23(19)34-25/h1-17H. The molecule has 0 radical (unpaired) electrons. The molecule has 1 nitrogen and oxygen atoms in total. The second-order valence-corrected chi connectivity index (χ2v) is 11.8. The Kier molecular flexibility index (Phi) is 3.63. The molecule has 5 heteroatoms. The monoisotopic (exact) mass is 477 g/mol. The van der Waals surface area contributed by atoms with Crippen LogP contribution in [-0.4, -0.2) is 13.4 Å². The maximum atomic E-state index is 2.50. The van der Waals surface area contributed by atoms with Crippen molar-refractivity contribution in [3.63, 3.8) is 0 Å². The van der Waals surface area contributed by atoms with Crippen LogP contribution in [0.15, 0.2) is 123 Å². The van der Waals surface area contributed by atoms with E-state index in [2.05, 4.69) is 108 Å². The molecule has 0 unspecified atom stereocenters. The Morgan fingerprint density at radius 1 is 0.429 bits per heavy atom. The zero-order valence-corrected chi connectivity index (χ0v) is 20.4. The van der Waals surface area contributed by atoms with Gasteiger partial charge in [-0.15, -0.1) is 0 Å². The van der Waals surface area contributed by atoms with E-state index >= 15 is 0 Å². The van der Waals surface area contributed by atoms with Gasteiger partial charge in [-0.1, -0.05) is 100.0 Å². The maximum absolute atomic E-state index is 2.50. The van der Waals surface area contributed by atoms with E-state index < -0.39 is 0 Å². The van der Waals surface area contributed by atoms with E-state index in [1.54, 1.807) is 10.9 Å². The Labute approximate surface area is 213 Å². The summed E-state index contributed by atoms with van der Waals surface area (Å²) in [5.74, 6) is 0. The van der Waals surface area contributed by atoms with Crippen molar-refractivity contribution >= 4 is 86.8 Å². The van der Waals surface area contributed by atoms with Gasteiger partial charge in [-0.05, 0) is 59.5 Å². The van der Waals surface area contributed by atoms with Gasteiger partial charge in [0.2, 0.25) is 13.4 Å². The summed E-state index contributed by atoms with van der Waals surface area (Å²) in [4.78, 5) is 8.13. The molecule has 0 bridgehead atoms. The van der Waals surface area contributed by atoms with E-state index in [1.165, 1.54) is 58.5 Å². The van der Waals surface area contributed by atoms with Crippen molar-refractivity contribution in [3.05, 3.63) is 103 Å². The normalized spacial score (nSPS) is 15.0. The summed E-state index contributed by atoms with van der Waals surface area (Å²) in [7, 11) is 0. The van der Waals surface area contributed by atoms with Gasteiger partial charge in [0, 0.05) is 36.6 Å². The molecular formula is C30H17B2NS2. The fourth-order valence-electron chi connectivity index (χ4n) is 6.75. The number of benzene rings is 5. The van der Waals surface area contributed by atoms with Crippen molar-refractivity contribution in [1.29, 1.82) is 0 Å². The number of para-hydroxylation sites is 1. The van der Waals surface area contributed by atoms with Crippen molar-refractivity contribution in [3.8, 4) is 0 Å². The molecule has 35 heavy (non-hydrogen) atoms. The quantitative estimate of drug-likeness (QED) is 0.332. The minimum atomic E-state index is 0.286. The summed E-state index contributed by atoms with van der Waals surface area (Å²) >= 11 is 3.90. The third kappa shape index (κ3) is 2.31. The minimum Gasteiger partial charge on any atom is -0.312 e. The van der Waals surface area contributed by atoms with Crippen LogP contribution >= 0.6 is 23.5 Å². The second-order valence-electron chi connectivity index (χ2n) is 9.64. The second kappa shape index (κ2) is 6.69. The molecule has 0 saturated carbocycles. The first-order valence-electron chi connectivity index (χ1n) is 12.1. The molecule has 0 aliphatic carbocycles. The lowest BCUT2D eigenvalue weighted by Gasteiger charge is -2.46. The Hall–Kier alpha value is -3.27. The highest BCUT2D eigenvalue weighted by Crippen LogP contribution is 2.43. The van der Waals surface area contributed by atoms with Crippen molar-refractivity contribution in [2.45, 2.75) is 19.6 Å². The average Bonchev–Trinajstić information content (AvgIpc) is 2.92. The van der Waals surface area contributed by atoms with Gasteiger partial charge in [-0.2, -0.15) is 0 Å². The molecule has 9 rings (SSSR count). The largest absolute Gasteiger partial charge is 0.312 e. The summed E-state index contributed by atoms with van der Waals surface area (Å²) in [5, 5.41) is 0. The first-order chi connectivity index (χ1) is 17.4. The third-order valence-electron chi connectivity index (χ3n) is 8.00. The molecule has 5 aromatic carbocycles. The lowest BCUT2D eigenvalue weighted by atomic mass is 9.20. The van der Waals surface area contributed by atoms with E-state index in [-0.39, 0.29) is 6.71 Å². The molecule has 0 fully saturated rings. The molecule has 4 aliphatic heterocycles. The molecule has 0 amide bonds. The summed E-state index contributed by atoms with van der Waals surface area (Å²) in [6, 6.07) is 38.5. The van der Waals surface area contributed by atoms with E-state index in [0.29, 0.717) is 6.71 Å². The fourth-order valence-corrected chi connectivity index (χ4v) is 9.10. The van der Waals surface area contributed by atoms with Crippen LogP contribution in [0.25, 0.3) is 0 Å². The third-order valence-corrected chi connectivity index (χ3v) is 10.3. The SMILES string of the molecule is c1ccc(N2c3cccc4c3B3c5c(cccc52)B2c5ccccc5Sc5ccc(c3c52)S4)cc1. The Bertz CT molecular complexity index is 1730. The predicted molar refractivity (Wildman–Crippen MR) is 152 cm³/mol. The predicted octanol–water partition coefficient (Wildman–Crippen LogP) is 3.74. The molecule has 4 aliphatic rings. The highest BCUT2D eigenvalue weighted by atomic mass is 32.2. The number of rotatable bonds is 1. The van der Waals surface area contributed by atoms with Crippen LogP contribution in [0.1, 0.15) is 0 Å². The van der Waals surface area contributed by atoms with Gasteiger partial charge in [0.25, 0.3) is 0 Å². The first kappa shape index (κ1) is 19.0. The number of nitrogens with zero attached hydrogens (tertiary/aromatic N) is 1. The van der Waals surface area contributed by atoms with Gasteiger partial charge in [0.15, 0.2) is 0 Å². The molecular weight excluding hydrogens is 460 g/mol. The summed E-state index contributed by atoms with van der Waals surface area (Å²) in [5.41, 5.74) is 12.9. The van der Waals surface area contributed by atoms with Crippen molar-refractivity contribution in [1.82, 2.24) is 0 Å². The van der Waals surface area contributed by atoms with E-state index in [4.69, 9.17) is 0 Å². The van der Waals surface area contributed by atoms with Crippen molar-refractivity contribution in [2.24, 2.45) is 0 Å². The zero-order chi connectivity index (χ0) is 22.7. The fraction of sp³-hybridized carbons (Fsp3) is 0. The minimum absolute atomic E-state index is 0.286. The topological polar surface area (TPSA) is 3.24 Å². The van der Waals surface area contributed by atoms with Crippen molar-refractivity contribution in [2.75, 3.05) is 4.90 Å². The van der Waals surface area contributed by atoms with Crippen LogP contribution in [0, 0.1) is 0 Å². The van der Waals surface area contributed by atoms with Gasteiger partial charge in [-0.3, -0.25) is 0 Å². The van der Waals surface area contributed by atoms with Crippen LogP contribution in [0.4, 0.5) is 17.1 Å². The molecule has 0 saturated heterocycles. The van der Waals surface area contributed by atoms with Gasteiger partial charge < -0.3 is 4.90 Å². The highest BCUT2D eigenvalue weighted by Gasteiger charge is 2.50. The average molecular weight is 477 g/mol. The van der Waals surface area contributed by atoms with Crippen molar-refractivity contribution < 1.29 is 0 Å². The Morgan fingerprint density at radius 3 is 1.89 bits per heavy atom. The van der Waals surface area contributed by atoms with Gasteiger partial charge >= 0.3 is 0 Å². The summed E-state index contributed by atoms with van der Waals surface area (Å²) in [6.45, 7) is 0.578. The molecule has 5 aromatic rings. The molecule has 160 valence electrons. The van der Waals surface area contributed by atoms with Crippen LogP contribution in [0.5, 0.6) is 0 Å². The molecule has 0 N–H and O–H groups in total. The van der Waals surface area contributed by atoms with Gasteiger partial charge in [-0.25, -0.2) is 0 Å². The van der Waals surface area contributed by atoms with Crippen LogP contribution in [-0.2, 0) is 0 Å². The molecule has 0 spiro atoms. The Morgan fingerprint density at radius 2 is 1.03 bits per heavy atom. The Balaban J connectivity index is 1.45. The van der Waals surface area contributed by atoms with E-state index in [1.807, 2.05) is 23.5 Å². The zero-order valence-electron chi connectivity index (χ0n) is 18.7. The molecule has 4 heterocycles. The lowest BCUT2D eigenvalue weighted by Crippen LogP contribution is -2.78. The van der Waals surface area contributed by atoms with Gasteiger partial charge in [0.1, 0.15) is 0 Å². The number of hydrogen-bond acceptors (Lipinski definition) is 3. The smallest absolute Gasteiger partial charge is 0.248 e. The van der Waals surface area contributed by atoms with E-state index in [9.17, 15) is 0 Å². The van der Waals surface area contributed by atoms with Crippen LogP contribution < -0.4 is 37.7 Å². The highest BCUT2D eigenvalue weighted by molar-refractivity contribution is 8.00. The summed E-state index contributed by atoms with van der Waals surface area (Å²) in [6.07, 6.45) is 0. The first-order valence-corrected chi connectivity index (χ1v) is 13.7. The number of hydrogen-bond donors (Lipinski definition) is 0. The lowest BCUT2D eigenvalue weighted by molar-refractivity contribution is 1.27. The molecule has 0 aromatic heterocycles. The number of fused-ring (bicyclic) bond motifs is 3. The maximum Gasteiger partial charge on any atom is 0.248 e.